The van der Waals surface area contributed by atoms with Crippen LogP contribution in [0.4, 0.5) is 5.82 Å². The van der Waals surface area contributed by atoms with Crippen LogP contribution in [-0.2, 0) is 11.3 Å². The molecule has 0 atom stereocenters. The minimum Gasteiger partial charge on any atom is -0.497 e. The van der Waals surface area contributed by atoms with Gasteiger partial charge >= 0.3 is 0 Å². The van der Waals surface area contributed by atoms with Gasteiger partial charge in [0.2, 0.25) is 12.7 Å². The van der Waals surface area contributed by atoms with E-state index in [9.17, 15) is 9.59 Å². The smallest absolute Gasteiger partial charge is 0.254 e. The third-order valence-corrected chi connectivity index (χ3v) is 7.71. The summed E-state index contributed by atoms with van der Waals surface area (Å²) >= 11 is 0. The summed E-state index contributed by atoms with van der Waals surface area (Å²) < 4.78 is 16.2. The number of methoxy groups -OCH3 is 1. The Bertz CT molecular complexity index is 1580. The molecule has 0 radical (unpaired) electrons. The zero-order valence-electron chi connectivity index (χ0n) is 24.2. The van der Waals surface area contributed by atoms with Gasteiger partial charge in [0, 0.05) is 43.9 Å². The summed E-state index contributed by atoms with van der Waals surface area (Å²) in [5.74, 6) is 2.38. The Kier molecular flexibility index (Phi) is 8.08. The van der Waals surface area contributed by atoms with Gasteiger partial charge in [-0.15, -0.1) is 10.2 Å². The van der Waals surface area contributed by atoms with Gasteiger partial charge in [-0.2, -0.15) is 0 Å². The Labute approximate surface area is 250 Å². The second-order valence-corrected chi connectivity index (χ2v) is 10.6. The lowest BCUT2D eigenvalue weighted by Crippen LogP contribution is -2.52. The van der Waals surface area contributed by atoms with Crippen molar-refractivity contribution in [2.45, 2.75) is 13.5 Å². The maximum absolute atomic E-state index is 13.6. The van der Waals surface area contributed by atoms with E-state index in [4.69, 9.17) is 14.2 Å². The van der Waals surface area contributed by atoms with E-state index in [-0.39, 0.29) is 31.7 Å². The van der Waals surface area contributed by atoms with Crippen molar-refractivity contribution in [3.05, 3.63) is 95.6 Å². The molecule has 3 heterocycles. The van der Waals surface area contributed by atoms with Crippen molar-refractivity contribution in [3.8, 4) is 28.5 Å². The van der Waals surface area contributed by atoms with Crippen LogP contribution in [0.2, 0.25) is 0 Å². The van der Waals surface area contributed by atoms with Gasteiger partial charge in [0.25, 0.3) is 5.91 Å². The molecule has 220 valence electrons. The van der Waals surface area contributed by atoms with Crippen LogP contribution in [0.3, 0.4) is 0 Å². The highest BCUT2D eigenvalue weighted by Crippen LogP contribution is 2.33. The first-order chi connectivity index (χ1) is 21.0. The number of benzene rings is 3. The van der Waals surface area contributed by atoms with E-state index in [2.05, 4.69) is 34.2 Å². The number of hydrogen-bond donors (Lipinski definition) is 0. The second kappa shape index (κ2) is 12.4. The van der Waals surface area contributed by atoms with E-state index in [0.717, 1.165) is 22.6 Å². The Morgan fingerprint density at radius 1 is 0.860 bits per heavy atom. The molecular weight excluding hydrogens is 546 g/mol. The minimum absolute atomic E-state index is 0.0512. The lowest BCUT2D eigenvalue weighted by atomic mass is 10.1. The van der Waals surface area contributed by atoms with Crippen LogP contribution in [0, 0.1) is 6.92 Å². The van der Waals surface area contributed by atoms with Crippen LogP contribution in [-0.4, -0.2) is 78.4 Å². The molecule has 1 aromatic heterocycles. The number of carbonyl (C=O) groups excluding carboxylic acids is 2. The van der Waals surface area contributed by atoms with Crippen molar-refractivity contribution in [1.82, 2.24) is 20.0 Å². The summed E-state index contributed by atoms with van der Waals surface area (Å²) in [6.45, 7) is 4.71. The van der Waals surface area contributed by atoms with Crippen molar-refractivity contribution < 1.29 is 23.8 Å². The third-order valence-electron chi connectivity index (χ3n) is 7.71. The first-order valence-electron chi connectivity index (χ1n) is 14.2. The molecule has 2 amide bonds. The van der Waals surface area contributed by atoms with Crippen LogP contribution in [0.1, 0.15) is 21.5 Å². The molecule has 2 aliphatic heterocycles. The maximum Gasteiger partial charge on any atom is 0.254 e. The van der Waals surface area contributed by atoms with E-state index in [0.29, 0.717) is 49.0 Å². The molecule has 4 aromatic rings. The highest BCUT2D eigenvalue weighted by atomic mass is 16.7. The highest BCUT2D eigenvalue weighted by molar-refractivity contribution is 5.96. The number of nitrogens with zero attached hydrogens (tertiary/aromatic N) is 5. The third kappa shape index (κ3) is 6.38. The van der Waals surface area contributed by atoms with Gasteiger partial charge in [-0.1, -0.05) is 35.9 Å². The van der Waals surface area contributed by atoms with Crippen LogP contribution in [0.15, 0.2) is 78.9 Å². The normalized spacial score (nSPS) is 14.0. The quantitative estimate of drug-likeness (QED) is 0.307. The van der Waals surface area contributed by atoms with Gasteiger partial charge in [0.15, 0.2) is 17.3 Å². The summed E-state index contributed by atoms with van der Waals surface area (Å²) in [5, 5.41) is 8.88. The number of ether oxygens (including phenoxy) is 3. The number of amides is 2. The molecule has 43 heavy (non-hydrogen) atoms. The lowest BCUT2D eigenvalue weighted by Gasteiger charge is -2.36. The number of hydrogen-bond acceptors (Lipinski definition) is 8. The van der Waals surface area contributed by atoms with Crippen LogP contribution >= 0.6 is 0 Å². The average molecular weight is 580 g/mol. The molecule has 3 aromatic carbocycles. The first-order valence-corrected chi connectivity index (χ1v) is 14.2. The molecule has 10 heteroatoms. The fourth-order valence-electron chi connectivity index (χ4n) is 5.20. The van der Waals surface area contributed by atoms with E-state index in [1.165, 1.54) is 5.56 Å². The average Bonchev–Trinajstić information content (AvgIpc) is 3.53. The van der Waals surface area contributed by atoms with Crippen LogP contribution < -0.4 is 19.1 Å². The van der Waals surface area contributed by atoms with Gasteiger partial charge in [-0.25, -0.2) is 0 Å². The lowest BCUT2D eigenvalue weighted by molar-refractivity contribution is -0.132. The van der Waals surface area contributed by atoms with Gasteiger partial charge in [0.05, 0.1) is 12.8 Å². The van der Waals surface area contributed by atoms with E-state index >= 15 is 0 Å². The number of aromatic nitrogens is 2. The predicted molar refractivity (Wildman–Crippen MR) is 161 cm³/mol. The first kappa shape index (κ1) is 28.0. The van der Waals surface area contributed by atoms with Crippen LogP contribution in [0.5, 0.6) is 17.2 Å². The summed E-state index contributed by atoms with van der Waals surface area (Å²) in [6.07, 6.45) is 0. The van der Waals surface area contributed by atoms with Crippen molar-refractivity contribution in [2.75, 3.05) is 51.5 Å². The molecule has 0 unspecified atom stereocenters. The summed E-state index contributed by atoms with van der Waals surface area (Å²) in [5.41, 5.74) is 4.36. The minimum atomic E-state index is -0.240. The molecule has 0 saturated carbocycles. The van der Waals surface area contributed by atoms with E-state index in [1.54, 1.807) is 41.2 Å². The van der Waals surface area contributed by atoms with Gasteiger partial charge in [0.1, 0.15) is 12.3 Å². The molecule has 1 saturated heterocycles. The molecule has 0 bridgehead atoms. The zero-order valence-corrected chi connectivity index (χ0v) is 24.2. The Hall–Kier alpha value is -5.12. The number of carbonyl (C=O) groups is 2. The van der Waals surface area contributed by atoms with E-state index < -0.39 is 0 Å². The van der Waals surface area contributed by atoms with Gasteiger partial charge in [-0.05, 0) is 61.0 Å². The Morgan fingerprint density at radius 2 is 1.60 bits per heavy atom. The van der Waals surface area contributed by atoms with Crippen molar-refractivity contribution in [1.29, 1.82) is 0 Å². The highest BCUT2D eigenvalue weighted by Gasteiger charge is 2.27. The monoisotopic (exact) mass is 579 g/mol. The van der Waals surface area contributed by atoms with Gasteiger partial charge in [-0.3, -0.25) is 9.59 Å². The van der Waals surface area contributed by atoms with Crippen molar-refractivity contribution >= 4 is 17.6 Å². The number of rotatable bonds is 8. The standard InChI is InChI=1S/C33H33N5O5/c1-23-3-6-25(7-4-23)28-12-14-31(35-34-28)36-15-17-37(18-16-36)32(39)21-38(33(40)26-8-10-27(41-2)11-9-26)20-24-5-13-29-30(19-24)43-22-42-29/h3-14,19H,15-18,20-22H2,1-2H3. The molecule has 10 nitrogen and oxygen atoms in total. The molecular formula is C33H33N5O5. The summed E-state index contributed by atoms with van der Waals surface area (Å²) in [7, 11) is 1.58. The molecule has 1 fully saturated rings. The number of piperazine rings is 1. The number of fused-ring (bicyclic) bond motifs is 1. The maximum atomic E-state index is 13.6. The summed E-state index contributed by atoms with van der Waals surface area (Å²) in [4.78, 5) is 32.6. The fourth-order valence-corrected chi connectivity index (χ4v) is 5.20. The topological polar surface area (TPSA) is 97.3 Å². The molecule has 0 N–H and O–H groups in total. The predicted octanol–water partition coefficient (Wildman–Crippen LogP) is 4.18. The second-order valence-electron chi connectivity index (χ2n) is 10.6. The number of aryl methyl sites for hydroxylation is 1. The molecule has 0 spiro atoms. The molecule has 2 aliphatic rings. The molecule has 0 aliphatic carbocycles. The largest absolute Gasteiger partial charge is 0.497 e. The Morgan fingerprint density at radius 3 is 2.30 bits per heavy atom. The fraction of sp³-hybridized carbons (Fsp3) is 0.273. The summed E-state index contributed by atoms with van der Waals surface area (Å²) in [6, 6.07) is 24.6. The van der Waals surface area contributed by atoms with Crippen LogP contribution in [0.25, 0.3) is 11.3 Å². The van der Waals surface area contributed by atoms with Gasteiger partial charge < -0.3 is 28.9 Å². The number of anilines is 1. The SMILES string of the molecule is COc1ccc(C(=O)N(CC(=O)N2CCN(c3ccc(-c4ccc(C)cc4)nn3)CC2)Cc2ccc3c(c2)OCO3)cc1. The van der Waals surface area contributed by atoms with Crippen molar-refractivity contribution in [3.63, 3.8) is 0 Å². The Balaban J connectivity index is 1.11. The molecule has 6 rings (SSSR count). The zero-order chi connectivity index (χ0) is 29.8. The van der Waals surface area contributed by atoms with E-state index in [1.807, 2.05) is 42.5 Å². The van der Waals surface area contributed by atoms with Crippen molar-refractivity contribution in [2.24, 2.45) is 0 Å².